The van der Waals surface area contributed by atoms with Gasteiger partial charge in [-0.05, 0) is 67.6 Å². The van der Waals surface area contributed by atoms with Crippen molar-refractivity contribution in [3.05, 3.63) is 0 Å². The predicted octanol–water partition coefficient (Wildman–Crippen LogP) is 2.04. The largest absolute Gasteiger partial charge is 0.394 e. The van der Waals surface area contributed by atoms with E-state index in [2.05, 4.69) is 6.92 Å². The Hall–Kier alpha value is -0.490. The summed E-state index contributed by atoms with van der Waals surface area (Å²) in [6, 6.07) is 0. The molecule has 27 heavy (non-hydrogen) atoms. The molecule has 0 radical (unpaired) electrons. The summed E-state index contributed by atoms with van der Waals surface area (Å²) in [4.78, 5) is 12.0. The topological polar surface area (TPSA) is 98.0 Å². The maximum atomic E-state index is 12.0. The summed E-state index contributed by atoms with van der Waals surface area (Å²) in [6.07, 6.45) is 5.21. The number of carbonyl (C=O) groups is 1. The van der Waals surface area contributed by atoms with Crippen molar-refractivity contribution in [2.24, 2.45) is 34.5 Å². The molecule has 4 rings (SSSR count). The third kappa shape index (κ3) is 2.61. The molecule has 0 aromatic carbocycles. The van der Waals surface area contributed by atoms with Gasteiger partial charge in [-0.1, -0.05) is 20.3 Å². The van der Waals surface area contributed by atoms with Crippen LogP contribution in [0.3, 0.4) is 0 Å². The van der Waals surface area contributed by atoms with Crippen molar-refractivity contribution in [2.45, 2.75) is 89.4 Å². The van der Waals surface area contributed by atoms with Crippen LogP contribution < -0.4 is 0 Å². The fraction of sp³-hybridized carbons (Fsp3) is 0.955. The van der Waals surface area contributed by atoms with Crippen LogP contribution in [0.2, 0.25) is 0 Å². The van der Waals surface area contributed by atoms with Gasteiger partial charge in [-0.3, -0.25) is 4.79 Å². The van der Waals surface area contributed by atoms with Gasteiger partial charge in [-0.2, -0.15) is 0 Å². The van der Waals surface area contributed by atoms with Crippen molar-refractivity contribution in [1.29, 1.82) is 0 Å². The maximum Gasteiger partial charge on any atom is 0.133 e. The van der Waals surface area contributed by atoms with Gasteiger partial charge in [0.05, 0.1) is 18.3 Å². The van der Waals surface area contributed by atoms with Gasteiger partial charge in [0.25, 0.3) is 0 Å². The number of rotatable bonds is 2. The van der Waals surface area contributed by atoms with E-state index in [-0.39, 0.29) is 17.3 Å². The zero-order chi connectivity index (χ0) is 19.6. The van der Waals surface area contributed by atoms with Crippen LogP contribution in [0.5, 0.6) is 0 Å². The molecule has 4 fully saturated rings. The molecule has 5 heteroatoms. The van der Waals surface area contributed by atoms with Gasteiger partial charge in [-0.15, -0.1) is 0 Å². The van der Waals surface area contributed by atoms with E-state index in [9.17, 15) is 25.2 Å². The number of hydrogen-bond donors (Lipinski definition) is 4. The molecule has 0 saturated heterocycles. The standard InChI is InChI=1S/C22H36O5/c1-20-9-7-14(24)10-13(20)5-6-15-16-4-3-8-22(27,18(26)12-23)21(16,2)11-17(25)19(15)20/h13,15-19,23,25-27H,3-12H2,1-2H3/t13-,15+,16+,17+,18+,19-,20+,21+,22+/m1/s1. The minimum atomic E-state index is -1.35. The molecular formula is C22H36O5. The molecule has 0 aromatic rings. The van der Waals surface area contributed by atoms with Crippen molar-refractivity contribution >= 4 is 5.78 Å². The van der Waals surface area contributed by atoms with E-state index in [1.165, 1.54) is 0 Å². The highest BCUT2D eigenvalue weighted by atomic mass is 16.4. The SMILES string of the molecule is C[C@]12CCC(=O)C[C@H]1CC[C@@H]1[C@@H]2[C@@H](O)C[C@@]2(C)[C@H]1CCC[C@]2(O)[C@@H](O)CO. The summed E-state index contributed by atoms with van der Waals surface area (Å²) >= 11 is 0. The van der Waals surface area contributed by atoms with E-state index in [1.807, 2.05) is 6.92 Å². The summed E-state index contributed by atoms with van der Waals surface area (Å²) in [6.45, 7) is 3.85. The first-order chi connectivity index (χ1) is 12.7. The molecule has 4 aliphatic rings. The Morgan fingerprint density at radius 2 is 1.93 bits per heavy atom. The van der Waals surface area contributed by atoms with E-state index in [4.69, 9.17) is 0 Å². The lowest BCUT2D eigenvalue weighted by atomic mass is 9.40. The monoisotopic (exact) mass is 380 g/mol. The number of aliphatic hydroxyl groups excluding tert-OH is 3. The lowest BCUT2D eigenvalue weighted by Crippen LogP contribution is -2.68. The summed E-state index contributed by atoms with van der Waals surface area (Å²) in [5.41, 5.74) is -1.96. The van der Waals surface area contributed by atoms with Gasteiger partial charge in [0, 0.05) is 18.3 Å². The first-order valence-electron chi connectivity index (χ1n) is 10.9. The van der Waals surface area contributed by atoms with E-state index in [0.29, 0.717) is 43.3 Å². The third-order valence-electron chi connectivity index (χ3n) is 9.59. The number of carbonyl (C=O) groups excluding carboxylic acids is 1. The highest BCUT2D eigenvalue weighted by Gasteiger charge is 2.66. The molecule has 4 saturated carbocycles. The number of fused-ring (bicyclic) bond motifs is 5. The highest BCUT2D eigenvalue weighted by molar-refractivity contribution is 5.79. The molecule has 4 N–H and O–H groups in total. The van der Waals surface area contributed by atoms with Gasteiger partial charge in [0.1, 0.15) is 11.9 Å². The van der Waals surface area contributed by atoms with Crippen LogP contribution in [-0.2, 0) is 4.79 Å². The summed E-state index contributed by atoms with van der Waals surface area (Å²) in [5.74, 6) is 1.44. The fourth-order valence-electron chi connectivity index (χ4n) is 8.12. The quantitative estimate of drug-likeness (QED) is 0.588. The smallest absolute Gasteiger partial charge is 0.133 e. The number of ketones is 1. The Morgan fingerprint density at radius 1 is 1.19 bits per heavy atom. The predicted molar refractivity (Wildman–Crippen MR) is 101 cm³/mol. The average molecular weight is 381 g/mol. The summed E-state index contributed by atoms with van der Waals surface area (Å²) in [7, 11) is 0. The summed E-state index contributed by atoms with van der Waals surface area (Å²) in [5, 5.41) is 42.8. The molecule has 154 valence electrons. The van der Waals surface area contributed by atoms with Gasteiger partial charge in [-0.25, -0.2) is 0 Å². The average Bonchev–Trinajstić information content (AvgIpc) is 2.62. The Morgan fingerprint density at radius 3 is 2.63 bits per heavy atom. The molecule has 0 aliphatic heterocycles. The zero-order valence-electron chi connectivity index (χ0n) is 16.7. The van der Waals surface area contributed by atoms with Crippen molar-refractivity contribution in [1.82, 2.24) is 0 Å². The van der Waals surface area contributed by atoms with Crippen LogP contribution in [0.25, 0.3) is 0 Å². The second kappa shape index (κ2) is 6.51. The molecule has 4 aliphatic carbocycles. The van der Waals surface area contributed by atoms with Crippen LogP contribution in [0.4, 0.5) is 0 Å². The van der Waals surface area contributed by atoms with E-state index in [1.54, 1.807) is 0 Å². The third-order valence-corrected chi connectivity index (χ3v) is 9.59. The van der Waals surface area contributed by atoms with Crippen molar-refractivity contribution < 1.29 is 25.2 Å². The molecule has 9 atom stereocenters. The summed E-state index contributed by atoms with van der Waals surface area (Å²) < 4.78 is 0. The first-order valence-corrected chi connectivity index (χ1v) is 10.9. The van der Waals surface area contributed by atoms with Gasteiger partial charge < -0.3 is 20.4 Å². The fourth-order valence-corrected chi connectivity index (χ4v) is 8.12. The van der Waals surface area contributed by atoms with Crippen molar-refractivity contribution in [3.63, 3.8) is 0 Å². The Kier molecular flexibility index (Phi) is 4.78. The Labute approximate surface area is 162 Å². The molecule has 0 spiro atoms. The van der Waals surface area contributed by atoms with Crippen LogP contribution in [0, 0.1) is 34.5 Å². The lowest BCUT2D eigenvalue weighted by Gasteiger charge is -2.66. The van der Waals surface area contributed by atoms with Gasteiger partial charge in [0.2, 0.25) is 0 Å². The maximum absolute atomic E-state index is 12.0. The van der Waals surface area contributed by atoms with Crippen molar-refractivity contribution in [2.75, 3.05) is 6.61 Å². The molecule has 0 unspecified atom stereocenters. The van der Waals surface area contributed by atoms with Crippen LogP contribution in [-0.4, -0.2) is 50.6 Å². The zero-order valence-corrected chi connectivity index (χ0v) is 16.7. The van der Waals surface area contributed by atoms with Gasteiger partial charge in [0.15, 0.2) is 0 Å². The van der Waals surface area contributed by atoms with Gasteiger partial charge >= 0.3 is 0 Å². The number of Topliss-reactive ketones (excluding diaryl/α,β-unsaturated/α-hetero) is 1. The molecule has 0 aromatic heterocycles. The second-order valence-electron chi connectivity index (χ2n) is 10.5. The van der Waals surface area contributed by atoms with Crippen molar-refractivity contribution in [3.8, 4) is 0 Å². The van der Waals surface area contributed by atoms with Crippen LogP contribution >= 0.6 is 0 Å². The van der Waals surface area contributed by atoms with Crippen LogP contribution in [0.1, 0.15) is 71.6 Å². The number of hydrogen-bond acceptors (Lipinski definition) is 5. The highest BCUT2D eigenvalue weighted by Crippen LogP contribution is 2.67. The molecule has 0 heterocycles. The van der Waals surface area contributed by atoms with E-state index < -0.39 is 29.8 Å². The molecule has 0 amide bonds. The van der Waals surface area contributed by atoms with Crippen LogP contribution in [0.15, 0.2) is 0 Å². The molecule has 0 bridgehead atoms. The molecular weight excluding hydrogens is 344 g/mol. The van der Waals surface area contributed by atoms with E-state index in [0.717, 1.165) is 32.1 Å². The minimum Gasteiger partial charge on any atom is -0.394 e. The normalized spacial score (nSPS) is 53.9. The lowest BCUT2D eigenvalue weighted by molar-refractivity contribution is -0.263. The Balaban J connectivity index is 1.71. The molecule has 5 nitrogen and oxygen atoms in total. The number of aliphatic hydroxyl groups is 4. The minimum absolute atomic E-state index is 0.0112. The second-order valence-corrected chi connectivity index (χ2v) is 10.5. The Bertz CT molecular complexity index is 608. The van der Waals surface area contributed by atoms with E-state index >= 15 is 0 Å². The first kappa shape index (κ1) is 19.8.